The van der Waals surface area contributed by atoms with Gasteiger partial charge < -0.3 is 9.47 Å². The normalized spacial score (nSPS) is 10.3. The minimum Gasteiger partial charge on any atom is -0.463 e. The van der Waals surface area contributed by atoms with E-state index < -0.39 is 0 Å². The van der Waals surface area contributed by atoms with Gasteiger partial charge in [0.15, 0.2) is 0 Å². The third-order valence-corrected chi connectivity index (χ3v) is 2.66. The monoisotopic (exact) mass is 298 g/mol. The lowest BCUT2D eigenvalue weighted by Gasteiger charge is -2.07. The summed E-state index contributed by atoms with van der Waals surface area (Å²) in [5, 5.41) is 0. The van der Waals surface area contributed by atoms with E-state index in [1.54, 1.807) is 20.8 Å². The molecule has 0 aliphatic heterocycles. The van der Waals surface area contributed by atoms with Gasteiger partial charge in [0, 0.05) is 18.4 Å². The van der Waals surface area contributed by atoms with Gasteiger partial charge in [-0.2, -0.15) is 0 Å². The van der Waals surface area contributed by atoms with Gasteiger partial charge in [0.05, 0.1) is 19.1 Å². The van der Waals surface area contributed by atoms with Crippen molar-refractivity contribution in [1.29, 1.82) is 0 Å². The van der Waals surface area contributed by atoms with Crippen molar-refractivity contribution in [2.24, 2.45) is 0 Å². The zero-order valence-electron chi connectivity index (χ0n) is 13.3. The third-order valence-electron chi connectivity index (χ3n) is 2.66. The molecule has 5 heteroatoms. The predicted molar refractivity (Wildman–Crippen MR) is 79.7 cm³/mol. The number of ketones is 1. The fourth-order valence-electron chi connectivity index (χ4n) is 1.58. The average Bonchev–Trinajstić information content (AvgIpc) is 2.39. The van der Waals surface area contributed by atoms with Crippen molar-refractivity contribution in [1.82, 2.24) is 0 Å². The van der Waals surface area contributed by atoms with Crippen molar-refractivity contribution in [2.45, 2.75) is 65.4 Å². The number of esters is 2. The van der Waals surface area contributed by atoms with E-state index in [0.717, 1.165) is 19.3 Å². The molecular formula is C16H26O5. The van der Waals surface area contributed by atoms with Gasteiger partial charge in [0.2, 0.25) is 0 Å². The highest BCUT2D eigenvalue weighted by Crippen LogP contribution is 2.06. The van der Waals surface area contributed by atoms with Gasteiger partial charge in [-0.3, -0.25) is 9.59 Å². The van der Waals surface area contributed by atoms with Crippen LogP contribution in [-0.4, -0.2) is 30.4 Å². The average molecular weight is 298 g/mol. The van der Waals surface area contributed by atoms with E-state index in [1.165, 1.54) is 0 Å². The number of rotatable bonds is 11. The summed E-state index contributed by atoms with van der Waals surface area (Å²) < 4.78 is 9.89. The standard InChI is InChI=1S/C16H26O5/c1-12(2)16(19)20-11-7-5-6-8-14(17)9-10-15(18)21-13(3)4/h13H,1,5-11H2,2-4H3. The number of hydrogen-bond donors (Lipinski definition) is 0. The highest BCUT2D eigenvalue weighted by atomic mass is 16.5. The first-order chi connectivity index (χ1) is 9.82. The van der Waals surface area contributed by atoms with Crippen LogP contribution in [0, 0.1) is 0 Å². The zero-order chi connectivity index (χ0) is 16.3. The van der Waals surface area contributed by atoms with Crippen LogP contribution >= 0.6 is 0 Å². The van der Waals surface area contributed by atoms with Gasteiger partial charge in [-0.05, 0) is 40.0 Å². The summed E-state index contributed by atoms with van der Waals surface area (Å²) in [6.45, 7) is 9.00. The quantitative estimate of drug-likeness (QED) is 0.333. The number of hydrogen-bond acceptors (Lipinski definition) is 5. The topological polar surface area (TPSA) is 69.7 Å². The number of unbranched alkanes of at least 4 members (excludes halogenated alkanes) is 2. The van der Waals surface area contributed by atoms with E-state index in [2.05, 4.69) is 6.58 Å². The fraction of sp³-hybridized carbons (Fsp3) is 0.688. The Morgan fingerprint density at radius 2 is 1.67 bits per heavy atom. The summed E-state index contributed by atoms with van der Waals surface area (Å²) in [4.78, 5) is 33.9. The van der Waals surface area contributed by atoms with Gasteiger partial charge in [-0.25, -0.2) is 4.79 Å². The Kier molecular flexibility index (Phi) is 10.2. The molecule has 0 heterocycles. The molecular weight excluding hydrogens is 272 g/mol. The fourth-order valence-corrected chi connectivity index (χ4v) is 1.58. The van der Waals surface area contributed by atoms with Gasteiger partial charge in [0.25, 0.3) is 0 Å². The highest BCUT2D eigenvalue weighted by Gasteiger charge is 2.09. The van der Waals surface area contributed by atoms with Crippen molar-refractivity contribution >= 4 is 17.7 Å². The number of ether oxygens (including phenoxy) is 2. The van der Waals surface area contributed by atoms with Crippen LogP contribution in [-0.2, 0) is 23.9 Å². The lowest BCUT2D eigenvalue weighted by molar-refractivity contribution is -0.148. The maximum atomic E-state index is 11.6. The van der Waals surface area contributed by atoms with Crippen molar-refractivity contribution in [3.63, 3.8) is 0 Å². The molecule has 0 radical (unpaired) electrons. The number of carbonyl (C=O) groups excluding carboxylic acids is 3. The number of carbonyl (C=O) groups is 3. The van der Waals surface area contributed by atoms with Crippen LogP contribution in [0.2, 0.25) is 0 Å². The molecule has 0 bridgehead atoms. The maximum absolute atomic E-state index is 11.6. The second kappa shape index (κ2) is 11.1. The van der Waals surface area contributed by atoms with E-state index in [9.17, 15) is 14.4 Å². The minimum atomic E-state index is -0.380. The first-order valence-corrected chi connectivity index (χ1v) is 7.36. The van der Waals surface area contributed by atoms with Gasteiger partial charge >= 0.3 is 11.9 Å². The molecule has 120 valence electrons. The molecule has 0 rings (SSSR count). The van der Waals surface area contributed by atoms with Gasteiger partial charge in [-0.15, -0.1) is 0 Å². The molecule has 0 amide bonds. The molecule has 0 saturated heterocycles. The molecule has 0 N–H and O–H groups in total. The summed E-state index contributed by atoms with van der Waals surface area (Å²) in [7, 11) is 0. The Hall–Kier alpha value is -1.65. The Morgan fingerprint density at radius 3 is 2.24 bits per heavy atom. The van der Waals surface area contributed by atoms with E-state index in [0.29, 0.717) is 18.6 Å². The largest absolute Gasteiger partial charge is 0.463 e. The third kappa shape index (κ3) is 11.8. The zero-order valence-corrected chi connectivity index (χ0v) is 13.3. The molecule has 0 aliphatic carbocycles. The molecule has 0 aromatic rings. The van der Waals surface area contributed by atoms with Crippen LogP contribution in [0.5, 0.6) is 0 Å². The lowest BCUT2D eigenvalue weighted by Crippen LogP contribution is -2.12. The Morgan fingerprint density at radius 1 is 1.00 bits per heavy atom. The van der Waals surface area contributed by atoms with Crippen molar-refractivity contribution in [2.75, 3.05) is 6.61 Å². The van der Waals surface area contributed by atoms with E-state index in [4.69, 9.17) is 9.47 Å². The van der Waals surface area contributed by atoms with Crippen LogP contribution in [0.25, 0.3) is 0 Å². The van der Waals surface area contributed by atoms with Crippen LogP contribution < -0.4 is 0 Å². The summed E-state index contributed by atoms with van der Waals surface area (Å²) in [5.41, 5.74) is 0.387. The summed E-state index contributed by atoms with van der Waals surface area (Å²) in [6, 6.07) is 0. The molecule has 0 saturated carbocycles. The van der Waals surface area contributed by atoms with Crippen molar-refractivity contribution in [3.05, 3.63) is 12.2 Å². The molecule has 0 spiro atoms. The summed E-state index contributed by atoms with van der Waals surface area (Å²) in [6.07, 6.45) is 2.96. The van der Waals surface area contributed by atoms with E-state index >= 15 is 0 Å². The molecule has 0 aromatic heterocycles. The SMILES string of the molecule is C=C(C)C(=O)OCCCCCC(=O)CCC(=O)OC(C)C. The first-order valence-electron chi connectivity index (χ1n) is 7.36. The van der Waals surface area contributed by atoms with Crippen LogP contribution in [0.3, 0.4) is 0 Å². The molecule has 0 aliphatic rings. The Labute approximate surface area is 126 Å². The highest BCUT2D eigenvalue weighted by molar-refractivity contribution is 5.86. The Balaban J connectivity index is 3.52. The smallest absolute Gasteiger partial charge is 0.333 e. The molecule has 0 atom stereocenters. The maximum Gasteiger partial charge on any atom is 0.333 e. The molecule has 0 unspecified atom stereocenters. The molecule has 0 fully saturated rings. The second-order valence-corrected chi connectivity index (χ2v) is 5.30. The first kappa shape index (κ1) is 19.4. The minimum absolute atomic E-state index is 0.0645. The Bertz CT molecular complexity index is 371. The summed E-state index contributed by atoms with van der Waals surface area (Å²) in [5.74, 6) is -0.644. The lowest BCUT2D eigenvalue weighted by atomic mass is 10.1. The summed E-state index contributed by atoms with van der Waals surface area (Å²) >= 11 is 0. The second-order valence-electron chi connectivity index (χ2n) is 5.30. The van der Waals surface area contributed by atoms with Gasteiger partial charge in [0.1, 0.15) is 5.78 Å². The van der Waals surface area contributed by atoms with Crippen LogP contribution in [0.15, 0.2) is 12.2 Å². The van der Waals surface area contributed by atoms with Gasteiger partial charge in [-0.1, -0.05) is 6.58 Å². The molecule has 5 nitrogen and oxygen atoms in total. The van der Waals surface area contributed by atoms with Crippen LogP contribution in [0.1, 0.15) is 59.3 Å². The number of Topliss-reactive ketones (excluding diaryl/α,β-unsaturated/α-hetero) is 1. The molecule has 0 aromatic carbocycles. The predicted octanol–water partition coefficient (Wildman–Crippen LogP) is 2.97. The van der Waals surface area contributed by atoms with E-state index in [-0.39, 0.29) is 36.7 Å². The van der Waals surface area contributed by atoms with Crippen molar-refractivity contribution in [3.8, 4) is 0 Å². The molecule has 21 heavy (non-hydrogen) atoms. The van der Waals surface area contributed by atoms with E-state index in [1.807, 2.05) is 0 Å². The van der Waals surface area contributed by atoms with Crippen molar-refractivity contribution < 1.29 is 23.9 Å². The van der Waals surface area contributed by atoms with Crippen LogP contribution in [0.4, 0.5) is 0 Å².